The van der Waals surface area contributed by atoms with Crippen molar-refractivity contribution in [1.29, 1.82) is 0 Å². The van der Waals surface area contributed by atoms with E-state index in [0.29, 0.717) is 19.8 Å². The Morgan fingerprint density at radius 2 is 2.12 bits per heavy atom. The molecule has 94 valence electrons. The second kappa shape index (κ2) is 6.86. The van der Waals surface area contributed by atoms with Crippen molar-refractivity contribution in [2.45, 2.75) is 51.0 Å². The molecular formula is C12H23NO3. The quantitative estimate of drug-likeness (QED) is 0.645. The first-order valence-corrected chi connectivity index (χ1v) is 6.23. The molecule has 0 aliphatic heterocycles. The molecule has 0 aromatic rings. The molecule has 1 aliphatic carbocycles. The lowest BCUT2D eigenvalue weighted by molar-refractivity contribution is -0.125. The summed E-state index contributed by atoms with van der Waals surface area (Å²) < 4.78 is 5.17. The highest BCUT2D eigenvalue weighted by molar-refractivity contribution is 5.77. The Bertz CT molecular complexity index is 212. The fourth-order valence-corrected chi connectivity index (χ4v) is 2.12. The van der Waals surface area contributed by atoms with Gasteiger partial charge < -0.3 is 15.2 Å². The molecule has 1 aliphatic rings. The first-order valence-electron chi connectivity index (χ1n) is 6.23. The summed E-state index contributed by atoms with van der Waals surface area (Å²) in [5.41, 5.74) is -0.732. The summed E-state index contributed by atoms with van der Waals surface area (Å²) in [4.78, 5) is 11.5. The van der Waals surface area contributed by atoms with Crippen molar-refractivity contribution in [3.8, 4) is 0 Å². The maximum Gasteiger partial charge on any atom is 0.222 e. The Hall–Kier alpha value is -0.610. The van der Waals surface area contributed by atoms with Gasteiger partial charge in [-0.05, 0) is 26.2 Å². The fourth-order valence-electron chi connectivity index (χ4n) is 2.12. The molecule has 1 saturated carbocycles. The predicted octanol–water partition coefficient (Wildman–Crippen LogP) is 1.22. The lowest BCUT2D eigenvalue weighted by atomic mass is 9.98. The average molecular weight is 229 g/mol. The Morgan fingerprint density at radius 3 is 2.75 bits per heavy atom. The highest BCUT2D eigenvalue weighted by atomic mass is 16.5. The van der Waals surface area contributed by atoms with Crippen LogP contribution < -0.4 is 5.32 Å². The van der Waals surface area contributed by atoms with Gasteiger partial charge in [-0.25, -0.2) is 0 Å². The van der Waals surface area contributed by atoms with Gasteiger partial charge in [0.05, 0.1) is 12.0 Å². The van der Waals surface area contributed by atoms with Crippen molar-refractivity contribution in [3.63, 3.8) is 0 Å². The SMILES string of the molecule is CCOCCCNC(=O)CC1(O)CCCC1. The van der Waals surface area contributed by atoms with E-state index in [2.05, 4.69) is 5.32 Å². The summed E-state index contributed by atoms with van der Waals surface area (Å²) in [5.74, 6) is -0.0408. The van der Waals surface area contributed by atoms with Gasteiger partial charge in [-0.2, -0.15) is 0 Å². The number of amides is 1. The van der Waals surface area contributed by atoms with Crippen molar-refractivity contribution < 1.29 is 14.6 Å². The molecule has 0 bridgehead atoms. The number of rotatable bonds is 7. The van der Waals surface area contributed by atoms with Crippen molar-refractivity contribution in [3.05, 3.63) is 0 Å². The Balaban J connectivity index is 2.06. The van der Waals surface area contributed by atoms with E-state index >= 15 is 0 Å². The Labute approximate surface area is 97.4 Å². The van der Waals surface area contributed by atoms with Gasteiger partial charge in [0.15, 0.2) is 0 Å². The molecule has 1 amide bonds. The molecule has 1 rings (SSSR count). The number of aliphatic hydroxyl groups is 1. The number of nitrogens with one attached hydrogen (secondary N) is 1. The molecule has 2 N–H and O–H groups in total. The first-order chi connectivity index (χ1) is 7.66. The minimum absolute atomic E-state index is 0.0408. The van der Waals surface area contributed by atoms with Crippen LogP contribution in [0.25, 0.3) is 0 Å². The van der Waals surface area contributed by atoms with Crippen molar-refractivity contribution >= 4 is 5.91 Å². The van der Waals surface area contributed by atoms with Crippen molar-refractivity contribution in [2.75, 3.05) is 19.8 Å². The summed E-state index contributed by atoms with van der Waals surface area (Å²) in [6, 6.07) is 0. The molecule has 16 heavy (non-hydrogen) atoms. The van der Waals surface area contributed by atoms with Crippen LogP contribution in [0.5, 0.6) is 0 Å². The van der Waals surface area contributed by atoms with Crippen LogP contribution in [0.4, 0.5) is 0 Å². The predicted molar refractivity (Wildman–Crippen MR) is 62.2 cm³/mol. The minimum Gasteiger partial charge on any atom is -0.389 e. The topological polar surface area (TPSA) is 58.6 Å². The average Bonchev–Trinajstić information content (AvgIpc) is 2.64. The summed E-state index contributed by atoms with van der Waals surface area (Å²) in [6.07, 6.45) is 4.68. The van der Waals surface area contributed by atoms with E-state index in [0.717, 1.165) is 32.1 Å². The minimum atomic E-state index is -0.732. The number of hydrogen-bond acceptors (Lipinski definition) is 3. The summed E-state index contributed by atoms with van der Waals surface area (Å²) >= 11 is 0. The molecule has 1 fully saturated rings. The van der Waals surface area contributed by atoms with E-state index < -0.39 is 5.60 Å². The standard InChI is InChI=1S/C12H23NO3/c1-2-16-9-5-8-13-11(14)10-12(15)6-3-4-7-12/h15H,2-10H2,1H3,(H,13,14). The van der Waals surface area contributed by atoms with Crippen LogP contribution >= 0.6 is 0 Å². The third-order valence-electron chi connectivity index (χ3n) is 3.02. The molecule has 0 heterocycles. The molecule has 0 unspecified atom stereocenters. The van der Waals surface area contributed by atoms with Gasteiger partial charge in [0.1, 0.15) is 0 Å². The normalized spacial score (nSPS) is 18.6. The Morgan fingerprint density at radius 1 is 1.44 bits per heavy atom. The van der Waals surface area contributed by atoms with Crippen molar-refractivity contribution in [2.24, 2.45) is 0 Å². The zero-order chi connectivity index (χ0) is 11.9. The second-order valence-corrected chi connectivity index (χ2v) is 4.51. The lowest BCUT2D eigenvalue weighted by Gasteiger charge is -2.21. The molecule has 0 aromatic carbocycles. The molecule has 0 radical (unpaired) electrons. The second-order valence-electron chi connectivity index (χ2n) is 4.51. The third-order valence-corrected chi connectivity index (χ3v) is 3.02. The van der Waals surface area contributed by atoms with E-state index in [4.69, 9.17) is 4.74 Å². The Kier molecular flexibility index (Phi) is 5.77. The van der Waals surface area contributed by atoms with Crippen LogP contribution in [0, 0.1) is 0 Å². The first kappa shape index (κ1) is 13.5. The number of carbonyl (C=O) groups is 1. The monoisotopic (exact) mass is 229 g/mol. The smallest absolute Gasteiger partial charge is 0.222 e. The number of ether oxygens (including phenoxy) is 1. The highest BCUT2D eigenvalue weighted by Gasteiger charge is 2.33. The van der Waals surface area contributed by atoms with Gasteiger partial charge in [-0.3, -0.25) is 4.79 Å². The fraction of sp³-hybridized carbons (Fsp3) is 0.917. The third kappa shape index (κ3) is 4.94. The van der Waals surface area contributed by atoms with Gasteiger partial charge in [0.25, 0.3) is 0 Å². The molecule has 4 heteroatoms. The van der Waals surface area contributed by atoms with Crippen molar-refractivity contribution in [1.82, 2.24) is 5.32 Å². The molecule has 4 nitrogen and oxygen atoms in total. The van der Waals surface area contributed by atoms with Gasteiger partial charge in [0.2, 0.25) is 5.91 Å². The summed E-state index contributed by atoms with van der Waals surface area (Å²) in [5, 5.41) is 12.8. The number of carbonyl (C=O) groups excluding carboxylic acids is 1. The van der Waals surface area contributed by atoms with Crippen LogP contribution in [-0.2, 0) is 9.53 Å². The largest absolute Gasteiger partial charge is 0.389 e. The molecule has 0 spiro atoms. The lowest BCUT2D eigenvalue weighted by Crippen LogP contribution is -2.35. The van der Waals surface area contributed by atoms with E-state index in [1.54, 1.807) is 0 Å². The van der Waals surface area contributed by atoms with E-state index in [1.165, 1.54) is 0 Å². The van der Waals surface area contributed by atoms with E-state index in [1.807, 2.05) is 6.92 Å². The highest BCUT2D eigenvalue weighted by Crippen LogP contribution is 2.32. The van der Waals surface area contributed by atoms with Gasteiger partial charge in [0, 0.05) is 19.8 Å². The summed E-state index contributed by atoms with van der Waals surface area (Å²) in [6.45, 7) is 3.98. The molecule has 0 atom stereocenters. The van der Waals surface area contributed by atoms with Gasteiger partial charge in [-0.15, -0.1) is 0 Å². The molecule has 0 aromatic heterocycles. The maximum atomic E-state index is 11.5. The molecular weight excluding hydrogens is 206 g/mol. The van der Waals surface area contributed by atoms with E-state index in [9.17, 15) is 9.90 Å². The zero-order valence-corrected chi connectivity index (χ0v) is 10.1. The van der Waals surface area contributed by atoms with Crippen LogP contribution in [0.15, 0.2) is 0 Å². The zero-order valence-electron chi connectivity index (χ0n) is 10.1. The van der Waals surface area contributed by atoms with Crippen LogP contribution in [0.2, 0.25) is 0 Å². The maximum absolute atomic E-state index is 11.5. The van der Waals surface area contributed by atoms with Gasteiger partial charge in [-0.1, -0.05) is 12.8 Å². The van der Waals surface area contributed by atoms with Gasteiger partial charge >= 0.3 is 0 Å². The van der Waals surface area contributed by atoms with Crippen LogP contribution in [0.1, 0.15) is 45.4 Å². The summed E-state index contributed by atoms with van der Waals surface area (Å²) in [7, 11) is 0. The molecule has 0 saturated heterocycles. The van der Waals surface area contributed by atoms with E-state index in [-0.39, 0.29) is 12.3 Å². The van der Waals surface area contributed by atoms with Crippen LogP contribution in [0.3, 0.4) is 0 Å². The van der Waals surface area contributed by atoms with Crippen LogP contribution in [-0.4, -0.2) is 36.4 Å². The number of hydrogen-bond donors (Lipinski definition) is 2.